The molecular formula is C22H25N5O2. The number of hydrogen-bond donors (Lipinski definition) is 1. The summed E-state index contributed by atoms with van der Waals surface area (Å²) in [5, 5.41) is 15.2. The van der Waals surface area contributed by atoms with Gasteiger partial charge in [0.15, 0.2) is 0 Å². The molecule has 2 aromatic carbocycles. The summed E-state index contributed by atoms with van der Waals surface area (Å²) in [5.41, 5.74) is 3.45. The number of nitrogens with zero attached hydrogens (tertiary/aromatic N) is 4. The van der Waals surface area contributed by atoms with Gasteiger partial charge in [0, 0.05) is 11.6 Å². The van der Waals surface area contributed by atoms with Crippen molar-refractivity contribution in [1.82, 2.24) is 20.6 Å². The molecular weight excluding hydrogens is 366 g/mol. The molecule has 0 saturated heterocycles. The van der Waals surface area contributed by atoms with Crippen LogP contribution in [0.15, 0.2) is 54.6 Å². The lowest BCUT2D eigenvalue weighted by atomic mass is 10.1. The Morgan fingerprint density at radius 3 is 2.62 bits per heavy atom. The number of aromatic nitrogens is 4. The van der Waals surface area contributed by atoms with Crippen molar-refractivity contribution in [2.45, 2.75) is 32.6 Å². The highest BCUT2D eigenvalue weighted by Gasteiger charge is 2.19. The van der Waals surface area contributed by atoms with Crippen LogP contribution in [-0.2, 0) is 16.1 Å². The fourth-order valence-corrected chi connectivity index (χ4v) is 3.03. The lowest BCUT2D eigenvalue weighted by Crippen LogP contribution is -2.28. The number of H-pyrrole nitrogens is 1. The fraction of sp³-hybridized carbons (Fsp3) is 0.273. The molecule has 1 N–H and O–H groups in total. The predicted octanol–water partition coefficient (Wildman–Crippen LogP) is 4.21. The van der Waals surface area contributed by atoms with Crippen LogP contribution in [0, 0.1) is 0 Å². The van der Waals surface area contributed by atoms with Gasteiger partial charge in [0.2, 0.25) is 5.82 Å². The largest absolute Gasteiger partial charge is 0.274 e. The van der Waals surface area contributed by atoms with Crippen LogP contribution in [0.5, 0.6) is 0 Å². The number of hydroxylamine groups is 1. The number of rotatable bonds is 9. The van der Waals surface area contributed by atoms with Crippen molar-refractivity contribution in [1.29, 1.82) is 0 Å². The number of aromatic amines is 1. The van der Waals surface area contributed by atoms with Crippen LogP contribution in [0.25, 0.3) is 17.5 Å². The zero-order valence-corrected chi connectivity index (χ0v) is 16.7. The number of para-hydroxylation sites is 1. The molecule has 7 heteroatoms. The van der Waals surface area contributed by atoms with E-state index in [0.29, 0.717) is 17.1 Å². The Kier molecular flexibility index (Phi) is 7.24. The van der Waals surface area contributed by atoms with Gasteiger partial charge in [-0.25, -0.2) is 0 Å². The predicted molar refractivity (Wildman–Crippen MR) is 113 cm³/mol. The first-order valence-corrected chi connectivity index (χ1v) is 9.71. The third kappa shape index (κ3) is 5.36. The zero-order chi connectivity index (χ0) is 20.5. The summed E-state index contributed by atoms with van der Waals surface area (Å²) in [6, 6.07) is 15.5. The van der Waals surface area contributed by atoms with E-state index in [2.05, 4.69) is 39.7 Å². The van der Waals surface area contributed by atoms with Crippen molar-refractivity contribution in [2.24, 2.45) is 0 Å². The van der Waals surface area contributed by atoms with Crippen molar-refractivity contribution in [3.8, 4) is 11.4 Å². The van der Waals surface area contributed by atoms with Crippen LogP contribution >= 0.6 is 0 Å². The number of anilines is 1. The van der Waals surface area contributed by atoms with Gasteiger partial charge >= 0.3 is 0 Å². The molecule has 0 radical (unpaired) electrons. The van der Waals surface area contributed by atoms with Gasteiger partial charge in [0.25, 0.3) is 5.91 Å². The third-order valence-corrected chi connectivity index (χ3v) is 4.56. The maximum atomic E-state index is 12.8. The molecule has 0 fully saturated rings. The molecule has 0 aliphatic carbocycles. The number of carbonyl (C=O) groups is 1. The second kappa shape index (κ2) is 10.3. The molecule has 7 nitrogen and oxygen atoms in total. The lowest BCUT2D eigenvalue weighted by molar-refractivity contribution is -0.120. The molecule has 0 spiro atoms. The topological polar surface area (TPSA) is 84.0 Å². The van der Waals surface area contributed by atoms with Crippen LogP contribution in [-0.4, -0.2) is 33.6 Å². The molecule has 0 saturated carbocycles. The molecule has 3 rings (SSSR count). The lowest BCUT2D eigenvalue weighted by Gasteiger charge is -2.20. The normalized spacial score (nSPS) is 11.1. The van der Waals surface area contributed by atoms with E-state index in [4.69, 9.17) is 4.84 Å². The van der Waals surface area contributed by atoms with Crippen LogP contribution in [0.3, 0.4) is 0 Å². The van der Waals surface area contributed by atoms with Crippen molar-refractivity contribution in [3.63, 3.8) is 0 Å². The summed E-state index contributed by atoms with van der Waals surface area (Å²) < 4.78 is 0. The standard InChI is InChI=1S/C22H25N5O2/c1-3-4-5-8-17-11-13-18(14-12-17)15-16-21(28)27(29-2)20-10-7-6-9-19(20)22-23-25-26-24-22/h6-7,9-16H,3-5,8H2,1-2H3,(H,23,24,25,26). The van der Waals surface area contributed by atoms with Gasteiger partial charge in [-0.15, -0.1) is 10.2 Å². The van der Waals surface area contributed by atoms with E-state index in [1.807, 2.05) is 24.3 Å². The van der Waals surface area contributed by atoms with Crippen molar-refractivity contribution < 1.29 is 9.63 Å². The summed E-state index contributed by atoms with van der Waals surface area (Å²) in [7, 11) is 1.45. The molecule has 1 heterocycles. The Morgan fingerprint density at radius 2 is 1.93 bits per heavy atom. The van der Waals surface area contributed by atoms with E-state index in [9.17, 15) is 4.79 Å². The van der Waals surface area contributed by atoms with Gasteiger partial charge in [0.05, 0.1) is 12.8 Å². The average molecular weight is 391 g/mol. The van der Waals surface area contributed by atoms with Gasteiger partial charge in [-0.1, -0.05) is 56.2 Å². The maximum Gasteiger partial charge on any atom is 0.274 e. The summed E-state index contributed by atoms with van der Waals surface area (Å²) in [4.78, 5) is 18.1. The monoisotopic (exact) mass is 391 g/mol. The number of nitrogens with one attached hydrogen (secondary N) is 1. The molecule has 29 heavy (non-hydrogen) atoms. The second-order valence-corrected chi connectivity index (χ2v) is 6.60. The minimum Gasteiger partial charge on any atom is -0.269 e. The second-order valence-electron chi connectivity index (χ2n) is 6.60. The summed E-state index contributed by atoms with van der Waals surface area (Å²) in [6.07, 6.45) is 8.01. The fourth-order valence-electron chi connectivity index (χ4n) is 3.03. The first-order chi connectivity index (χ1) is 14.2. The summed E-state index contributed by atoms with van der Waals surface area (Å²) in [5.74, 6) is 0.0774. The van der Waals surface area contributed by atoms with E-state index < -0.39 is 0 Å². The number of amides is 1. The SMILES string of the molecule is CCCCCc1ccc(C=CC(=O)N(OC)c2ccccc2-c2nn[nH]n2)cc1. The highest BCUT2D eigenvalue weighted by atomic mass is 16.7. The molecule has 0 bridgehead atoms. The quantitative estimate of drug-likeness (QED) is 0.336. The highest BCUT2D eigenvalue weighted by Crippen LogP contribution is 2.28. The van der Waals surface area contributed by atoms with Crippen molar-refractivity contribution in [2.75, 3.05) is 12.2 Å². The molecule has 1 aromatic heterocycles. The first kappa shape index (κ1) is 20.4. The summed E-state index contributed by atoms with van der Waals surface area (Å²) >= 11 is 0. The number of benzene rings is 2. The number of carbonyl (C=O) groups excluding carboxylic acids is 1. The zero-order valence-electron chi connectivity index (χ0n) is 16.7. The van der Waals surface area contributed by atoms with Crippen LogP contribution in [0.4, 0.5) is 5.69 Å². The Bertz CT molecular complexity index is 936. The van der Waals surface area contributed by atoms with E-state index in [0.717, 1.165) is 12.0 Å². The molecule has 0 unspecified atom stereocenters. The average Bonchev–Trinajstić information content (AvgIpc) is 3.29. The van der Waals surface area contributed by atoms with Crippen LogP contribution in [0.2, 0.25) is 0 Å². The van der Waals surface area contributed by atoms with E-state index >= 15 is 0 Å². The molecule has 0 aliphatic rings. The molecule has 0 atom stereocenters. The van der Waals surface area contributed by atoms with Crippen molar-refractivity contribution in [3.05, 3.63) is 65.7 Å². The molecule has 1 amide bonds. The van der Waals surface area contributed by atoms with Crippen LogP contribution in [0.1, 0.15) is 37.3 Å². The van der Waals surface area contributed by atoms with Crippen LogP contribution < -0.4 is 5.06 Å². The van der Waals surface area contributed by atoms with Gasteiger partial charge in [-0.05, 0) is 47.4 Å². The molecule has 3 aromatic rings. The Hall–Kier alpha value is -3.32. The van der Waals surface area contributed by atoms with Gasteiger partial charge < -0.3 is 0 Å². The van der Waals surface area contributed by atoms with Gasteiger partial charge in [0.1, 0.15) is 0 Å². The van der Waals surface area contributed by atoms with Gasteiger partial charge in [-0.2, -0.15) is 10.3 Å². The minimum atomic E-state index is -0.310. The molecule has 0 aliphatic heterocycles. The number of hydrogen-bond acceptors (Lipinski definition) is 5. The minimum absolute atomic E-state index is 0.310. The molecule has 150 valence electrons. The number of aryl methyl sites for hydroxylation is 1. The van der Waals surface area contributed by atoms with E-state index in [1.54, 1.807) is 18.2 Å². The highest BCUT2D eigenvalue weighted by molar-refractivity contribution is 6.04. The number of tetrazole rings is 1. The van der Waals surface area contributed by atoms with E-state index in [1.165, 1.54) is 43.1 Å². The Labute approximate surface area is 170 Å². The summed E-state index contributed by atoms with van der Waals surface area (Å²) in [6.45, 7) is 2.20. The third-order valence-electron chi connectivity index (χ3n) is 4.56. The Balaban J connectivity index is 1.72. The first-order valence-electron chi connectivity index (χ1n) is 9.71. The maximum absolute atomic E-state index is 12.8. The number of unbranched alkanes of at least 4 members (excludes halogenated alkanes) is 2. The van der Waals surface area contributed by atoms with Crippen molar-refractivity contribution >= 4 is 17.7 Å². The van der Waals surface area contributed by atoms with Gasteiger partial charge in [-0.3, -0.25) is 9.63 Å². The Morgan fingerprint density at radius 1 is 1.14 bits per heavy atom. The van der Waals surface area contributed by atoms with E-state index in [-0.39, 0.29) is 5.91 Å². The smallest absolute Gasteiger partial charge is 0.269 e.